The molecule has 1 saturated heterocycles. The molecule has 1 aliphatic heterocycles. The van der Waals surface area contributed by atoms with Crippen LogP contribution in [0.5, 0.6) is 0 Å². The topological polar surface area (TPSA) is 78.4 Å². The lowest BCUT2D eigenvalue weighted by Crippen LogP contribution is -2.47. The molecule has 31 heavy (non-hydrogen) atoms. The monoisotopic (exact) mass is 422 g/mol. The maximum absolute atomic E-state index is 14.5. The molecule has 0 atom stereocenters. The number of nitrogens with zero attached hydrogens (tertiary/aromatic N) is 6. The van der Waals surface area contributed by atoms with E-state index in [2.05, 4.69) is 19.8 Å². The van der Waals surface area contributed by atoms with Crippen LogP contribution < -0.4 is 10.5 Å². The van der Waals surface area contributed by atoms with Gasteiger partial charge in [0.2, 0.25) is 0 Å². The Hall–Kier alpha value is -3.30. The number of aryl methyl sites for hydroxylation is 1. The van der Waals surface area contributed by atoms with Crippen molar-refractivity contribution >= 4 is 17.0 Å². The van der Waals surface area contributed by atoms with Crippen molar-refractivity contribution in [1.82, 2.24) is 23.7 Å². The van der Waals surface area contributed by atoms with E-state index in [0.29, 0.717) is 29.1 Å². The first-order valence-corrected chi connectivity index (χ1v) is 10.3. The third-order valence-electron chi connectivity index (χ3n) is 5.72. The summed E-state index contributed by atoms with van der Waals surface area (Å²) in [6.45, 7) is 6.04. The summed E-state index contributed by atoms with van der Waals surface area (Å²) in [5.74, 6) is -0.455. The number of pyridine rings is 2. The minimum Gasteiger partial charge on any atom is -0.395 e. The van der Waals surface area contributed by atoms with E-state index in [1.807, 2.05) is 12.1 Å². The van der Waals surface area contributed by atoms with E-state index in [1.165, 1.54) is 16.5 Å². The van der Waals surface area contributed by atoms with Crippen LogP contribution in [0, 0.1) is 12.7 Å². The number of anilines is 1. The lowest BCUT2D eigenvalue weighted by Gasteiger charge is -2.35. The number of imidazole rings is 1. The Bertz CT molecular complexity index is 1320. The summed E-state index contributed by atoms with van der Waals surface area (Å²) >= 11 is 0. The van der Waals surface area contributed by atoms with E-state index in [9.17, 15) is 9.18 Å². The fraction of sp³-hybridized carbons (Fsp3) is 0.318. The van der Waals surface area contributed by atoms with Crippen LogP contribution in [0.4, 0.5) is 10.1 Å². The van der Waals surface area contributed by atoms with E-state index < -0.39 is 5.82 Å². The second kappa shape index (κ2) is 7.75. The van der Waals surface area contributed by atoms with Crippen LogP contribution in [0.2, 0.25) is 0 Å². The van der Waals surface area contributed by atoms with Gasteiger partial charge >= 0.3 is 0 Å². The van der Waals surface area contributed by atoms with Gasteiger partial charge < -0.3 is 14.4 Å². The molecule has 4 aromatic rings. The highest BCUT2D eigenvalue weighted by Gasteiger charge is 2.18. The summed E-state index contributed by atoms with van der Waals surface area (Å²) in [5.41, 5.74) is 3.15. The molecule has 0 bridgehead atoms. The largest absolute Gasteiger partial charge is 0.395 e. The molecule has 0 aliphatic carbocycles. The van der Waals surface area contributed by atoms with E-state index in [1.54, 1.807) is 29.9 Å². The molecule has 9 heteroatoms. The van der Waals surface area contributed by atoms with Gasteiger partial charge in [-0.15, -0.1) is 0 Å². The minimum absolute atomic E-state index is 0.163. The molecule has 5 rings (SSSR count). The van der Waals surface area contributed by atoms with Crippen LogP contribution in [-0.2, 0) is 0 Å². The number of aliphatic hydroxyl groups is 1. The molecule has 0 unspecified atom stereocenters. The van der Waals surface area contributed by atoms with Crippen molar-refractivity contribution in [3.63, 3.8) is 0 Å². The molecule has 5 heterocycles. The van der Waals surface area contributed by atoms with Gasteiger partial charge in [0.05, 0.1) is 23.7 Å². The van der Waals surface area contributed by atoms with Crippen molar-refractivity contribution in [2.24, 2.45) is 0 Å². The van der Waals surface area contributed by atoms with Gasteiger partial charge in [0, 0.05) is 62.9 Å². The number of hydrogen-bond acceptors (Lipinski definition) is 6. The summed E-state index contributed by atoms with van der Waals surface area (Å²) in [7, 11) is 0. The molecule has 0 aromatic carbocycles. The minimum atomic E-state index is -0.455. The number of β-amino-alcohol motifs (C(OH)–C–C–N with tert-alkyl or cyclic N) is 1. The predicted molar refractivity (Wildman–Crippen MR) is 116 cm³/mol. The highest BCUT2D eigenvalue weighted by molar-refractivity contribution is 5.64. The molecule has 1 aliphatic rings. The first-order valence-electron chi connectivity index (χ1n) is 10.3. The summed E-state index contributed by atoms with van der Waals surface area (Å²) in [6.07, 6.45) is 5.28. The molecular weight excluding hydrogens is 399 g/mol. The number of aromatic nitrogens is 4. The van der Waals surface area contributed by atoms with Crippen molar-refractivity contribution in [2.75, 3.05) is 44.2 Å². The number of fused-ring (bicyclic) bond motifs is 2. The van der Waals surface area contributed by atoms with Gasteiger partial charge in [-0.25, -0.2) is 14.4 Å². The van der Waals surface area contributed by atoms with E-state index in [0.717, 1.165) is 31.9 Å². The average Bonchev–Trinajstić information content (AvgIpc) is 3.15. The van der Waals surface area contributed by atoms with E-state index in [-0.39, 0.29) is 17.8 Å². The van der Waals surface area contributed by atoms with Crippen LogP contribution in [0.15, 0.2) is 47.7 Å². The number of halogens is 1. The molecule has 1 fully saturated rings. The first-order chi connectivity index (χ1) is 15.0. The molecule has 0 spiro atoms. The Morgan fingerprint density at radius 2 is 1.87 bits per heavy atom. The fourth-order valence-corrected chi connectivity index (χ4v) is 4.12. The molecule has 0 saturated carbocycles. The normalized spacial score (nSPS) is 15.3. The highest BCUT2D eigenvalue weighted by Crippen LogP contribution is 2.22. The third-order valence-corrected chi connectivity index (χ3v) is 5.72. The molecule has 4 aromatic heterocycles. The van der Waals surface area contributed by atoms with Gasteiger partial charge in [-0.05, 0) is 25.1 Å². The second-order valence-corrected chi connectivity index (χ2v) is 7.84. The summed E-state index contributed by atoms with van der Waals surface area (Å²) in [4.78, 5) is 26.0. The summed E-state index contributed by atoms with van der Waals surface area (Å²) < 4.78 is 17.6. The number of piperazine rings is 1. The first kappa shape index (κ1) is 19.7. The standard InChI is InChI=1S/C22H23FN6O2/c1-15-12-28-13-16(10-18(23)22(28)24-15)19-11-21(31)29-14-17(2-3-20(29)25-19)27-6-4-26(5-7-27)8-9-30/h2-3,10-14,30H,4-9H2,1H3. The summed E-state index contributed by atoms with van der Waals surface area (Å²) in [6, 6.07) is 6.56. The van der Waals surface area contributed by atoms with Gasteiger partial charge in [0.25, 0.3) is 5.56 Å². The van der Waals surface area contributed by atoms with Crippen molar-refractivity contribution in [2.45, 2.75) is 6.92 Å². The number of rotatable bonds is 4. The van der Waals surface area contributed by atoms with Gasteiger partial charge in [-0.2, -0.15) is 0 Å². The van der Waals surface area contributed by atoms with Gasteiger partial charge in [0.15, 0.2) is 11.5 Å². The average molecular weight is 422 g/mol. The van der Waals surface area contributed by atoms with Crippen LogP contribution in [-0.4, -0.2) is 68.1 Å². The predicted octanol–water partition coefficient (Wildman–Crippen LogP) is 1.57. The lowest BCUT2D eigenvalue weighted by atomic mass is 10.2. The molecule has 0 radical (unpaired) electrons. The van der Waals surface area contributed by atoms with Crippen LogP contribution >= 0.6 is 0 Å². The lowest BCUT2D eigenvalue weighted by molar-refractivity contribution is 0.189. The van der Waals surface area contributed by atoms with Gasteiger partial charge in [-0.1, -0.05) is 0 Å². The second-order valence-electron chi connectivity index (χ2n) is 7.84. The maximum Gasteiger partial charge on any atom is 0.258 e. The molecule has 8 nitrogen and oxygen atoms in total. The Morgan fingerprint density at radius 1 is 1.06 bits per heavy atom. The zero-order valence-electron chi connectivity index (χ0n) is 17.2. The molecular formula is C22H23FN6O2. The van der Waals surface area contributed by atoms with Gasteiger partial charge in [0.1, 0.15) is 5.65 Å². The summed E-state index contributed by atoms with van der Waals surface area (Å²) in [5, 5.41) is 9.10. The Kier molecular flexibility index (Phi) is 4.91. The zero-order chi connectivity index (χ0) is 21.5. The maximum atomic E-state index is 14.5. The van der Waals surface area contributed by atoms with Crippen LogP contribution in [0.3, 0.4) is 0 Å². The Labute approximate surface area is 177 Å². The van der Waals surface area contributed by atoms with Crippen LogP contribution in [0.1, 0.15) is 5.69 Å². The van der Waals surface area contributed by atoms with Crippen molar-refractivity contribution in [3.8, 4) is 11.3 Å². The molecule has 0 amide bonds. The number of aliphatic hydroxyl groups excluding tert-OH is 1. The molecule has 160 valence electrons. The Balaban J connectivity index is 1.48. The SMILES string of the molecule is Cc1cn2cc(-c3cc(=O)n4cc(N5CCN(CCO)CC5)ccc4n3)cc(F)c2n1. The van der Waals surface area contributed by atoms with E-state index in [4.69, 9.17) is 5.11 Å². The number of hydrogen-bond donors (Lipinski definition) is 1. The van der Waals surface area contributed by atoms with Crippen LogP contribution in [0.25, 0.3) is 22.6 Å². The van der Waals surface area contributed by atoms with Crippen molar-refractivity contribution < 1.29 is 9.50 Å². The quantitative estimate of drug-likeness (QED) is 0.538. The fourth-order valence-electron chi connectivity index (χ4n) is 4.12. The van der Waals surface area contributed by atoms with Crippen molar-refractivity contribution in [3.05, 3.63) is 64.7 Å². The zero-order valence-corrected chi connectivity index (χ0v) is 17.2. The van der Waals surface area contributed by atoms with E-state index >= 15 is 0 Å². The van der Waals surface area contributed by atoms with Crippen molar-refractivity contribution in [1.29, 1.82) is 0 Å². The third kappa shape index (κ3) is 3.66. The van der Waals surface area contributed by atoms with Gasteiger partial charge in [-0.3, -0.25) is 14.1 Å². The Morgan fingerprint density at radius 3 is 2.65 bits per heavy atom. The smallest absolute Gasteiger partial charge is 0.258 e. The highest BCUT2D eigenvalue weighted by atomic mass is 19.1. The molecule has 1 N–H and O–H groups in total.